The number of esters is 1. The van der Waals surface area contributed by atoms with E-state index >= 15 is 0 Å². The highest BCUT2D eigenvalue weighted by molar-refractivity contribution is 6.43. The van der Waals surface area contributed by atoms with Crippen molar-refractivity contribution in [2.75, 3.05) is 5.73 Å². The van der Waals surface area contributed by atoms with Gasteiger partial charge >= 0.3 is 5.97 Å². The number of carbonyl (C=O) groups excluding carboxylic acids is 2. The van der Waals surface area contributed by atoms with Crippen molar-refractivity contribution in [3.8, 4) is 0 Å². The smallest absolute Gasteiger partial charge is 0.339 e. The summed E-state index contributed by atoms with van der Waals surface area (Å²) in [5, 5.41) is 3.04. The number of ether oxygens (including phenoxy) is 1. The van der Waals surface area contributed by atoms with Crippen molar-refractivity contribution in [3.05, 3.63) is 27.7 Å². The van der Waals surface area contributed by atoms with Crippen LogP contribution in [0, 0.1) is 0 Å². The molecule has 1 amide bonds. The molecular formula is C14H18Cl2N2O3. The Morgan fingerprint density at radius 3 is 2.33 bits per heavy atom. The van der Waals surface area contributed by atoms with Gasteiger partial charge in [-0.2, -0.15) is 0 Å². The summed E-state index contributed by atoms with van der Waals surface area (Å²) in [6, 6.07) is 2.70. The van der Waals surface area contributed by atoms with Crippen LogP contribution in [0.25, 0.3) is 0 Å². The van der Waals surface area contributed by atoms with Crippen molar-refractivity contribution in [1.29, 1.82) is 0 Å². The predicted molar refractivity (Wildman–Crippen MR) is 83.6 cm³/mol. The number of nitrogens with one attached hydrogen (secondary N) is 1. The van der Waals surface area contributed by atoms with E-state index in [-0.39, 0.29) is 27.2 Å². The third-order valence-corrected chi connectivity index (χ3v) is 3.26. The maximum Gasteiger partial charge on any atom is 0.339 e. The average molecular weight is 333 g/mol. The normalized spacial score (nSPS) is 12.7. The third kappa shape index (κ3) is 5.10. The Hall–Kier alpha value is -1.46. The molecule has 1 unspecified atom stereocenters. The van der Waals surface area contributed by atoms with Gasteiger partial charge in [0.2, 0.25) is 0 Å². The fourth-order valence-electron chi connectivity index (χ4n) is 1.48. The molecule has 7 heteroatoms. The lowest BCUT2D eigenvalue weighted by atomic mass is 10.1. The molecule has 116 valence electrons. The molecule has 0 saturated carbocycles. The van der Waals surface area contributed by atoms with Crippen LogP contribution < -0.4 is 11.1 Å². The summed E-state index contributed by atoms with van der Waals surface area (Å²) < 4.78 is 5.09. The topological polar surface area (TPSA) is 81.4 Å². The lowest BCUT2D eigenvalue weighted by Gasteiger charge is -2.23. The van der Waals surface area contributed by atoms with Gasteiger partial charge in [0.1, 0.15) is 0 Å². The van der Waals surface area contributed by atoms with Crippen LogP contribution in [0.4, 0.5) is 5.69 Å². The summed E-state index contributed by atoms with van der Waals surface area (Å²) >= 11 is 11.7. The number of amides is 1. The Bertz CT molecular complexity index is 545. The number of benzene rings is 1. The molecule has 0 spiro atoms. The van der Waals surface area contributed by atoms with Gasteiger partial charge in [0.05, 0.1) is 21.3 Å². The quantitative estimate of drug-likeness (QED) is 0.658. The minimum Gasteiger partial charge on any atom is -0.449 e. The van der Waals surface area contributed by atoms with Gasteiger partial charge in [-0.1, -0.05) is 23.2 Å². The second-order valence-corrected chi connectivity index (χ2v) is 6.43. The highest BCUT2D eigenvalue weighted by Gasteiger charge is 2.23. The van der Waals surface area contributed by atoms with Crippen LogP contribution in [-0.2, 0) is 9.53 Å². The zero-order valence-corrected chi connectivity index (χ0v) is 13.8. The second-order valence-electron chi connectivity index (χ2n) is 5.65. The number of carbonyl (C=O) groups is 2. The molecule has 0 fully saturated rings. The van der Waals surface area contributed by atoms with Gasteiger partial charge in [0.15, 0.2) is 6.10 Å². The lowest BCUT2D eigenvalue weighted by molar-refractivity contribution is -0.130. The van der Waals surface area contributed by atoms with Crippen molar-refractivity contribution in [3.63, 3.8) is 0 Å². The molecule has 0 aliphatic rings. The predicted octanol–water partition coefficient (Wildman–Crippen LogP) is 3.04. The Morgan fingerprint density at radius 1 is 1.29 bits per heavy atom. The molecule has 1 atom stereocenters. The first kappa shape index (κ1) is 17.6. The van der Waals surface area contributed by atoms with Crippen LogP contribution in [0.3, 0.4) is 0 Å². The zero-order chi connectivity index (χ0) is 16.4. The number of rotatable bonds is 3. The van der Waals surface area contributed by atoms with E-state index in [1.165, 1.54) is 19.1 Å². The van der Waals surface area contributed by atoms with Crippen LogP contribution >= 0.6 is 23.2 Å². The molecule has 0 aliphatic carbocycles. The molecule has 3 N–H and O–H groups in total. The average Bonchev–Trinajstić information content (AvgIpc) is 2.32. The molecule has 0 bridgehead atoms. The van der Waals surface area contributed by atoms with Crippen molar-refractivity contribution in [1.82, 2.24) is 5.32 Å². The summed E-state index contributed by atoms with van der Waals surface area (Å²) in [5.74, 6) is -1.08. The SMILES string of the molecule is CC(OC(=O)c1cc(N)c(Cl)c(Cl)c1)C(=O)NC(C)(C)C. The minimum absolute atomic E-state index is 0.136. The van der Waals surface area contributed by atoms with Gasteiger partial charge in [0.25, 0.3) is 5.91 Å². The Balaban J connectivity index is 2.80. The molecule has 1 aromatic carbocycles. The van der Waals surface area contributed by atoms with Gasteiger partial charge in [0, 0.05) is 5.54 Å². The molecule has 1 aromatic rings. The highest BCUT2D eigenvalue weighted by Crippen LogP contribution is 2.29. The number of hydrogen-bond acceptors (Lipinski definition) is 4. The van der Waals surface area contributed by atoms with E-state index in [1.807, 2.05) is 20.8 Å². The Labute approximate surface area is 133 Å². The molecular weight excluding hydrogens is 315 g/mol. The van der Waals surface area contributed by atoms with E-state index in [4.69, 9.17) is 33.7 Å². The van der Waals surface area contributed by atoms with Crippen molar-refractivity contribution < 1.29 is 14.3 Å². The monoisotopic (exact) mass is 332 g/mol. The summed E-state index contributed by atoms with van der Waals surface area (Å²) in [5.41, 5.74) is 5.52. The molecule has 0 aromatic heterocycles. The molecule has 21 heavy (non-hydrogen) atoms. The highest BCUT2D eigenvalue weighted by atomic mass is 35.5. The molecule has 1 rings (SSSR count). The van der Waals surface area contributed by atoms with E-state index in [9.17, 15) is 9.59 Å². The number of anilines is 1. The van der Waals surface area contributed by atoms with E-state index in [2.05, 4.69) is 5.32 Å². The first-order valence-corrected chi connectivity index (χ1v) is 7.04. The summed E-state index contributed by atoms with van der Waals surface area (Å²) in [6.07, 6.45) is -0.938. The molecule has 0 aliphatic heterocycles. The molecule has 0 heterocycles. The lowest BCUT2D eigenvalue weighted by Crippen LogP contribution is -2.46. The van der Waals surface area contributed by atoms with Crippen LogP contribution in [0.1, 0.15) is 38.1 Å². The molecule has 5 nitrogen and oxygen atoms in total. The summed E-state index contributed by atoms with van der Waals surface area (Å²) in [4.78, 5) is 23.8. The molecule has 0 saturated heterocycles. The maximum atomic E-state index is 12.0. The second kappa shape index (κ2) is 6.54. The Kier molecular flexibility index (Phi) is 5.48. The maximum absolute atomic E-state index is 12.0. The summed E-state index contributed by atoms with van der Waals surface area (Å²) in [7, 11) is 0. The number of nitrogens with two attached hydrogens (primary N) is 1. The minimum atomic E-state index is -0.938. The number of halogens is 2. The zero-order valence-electron chi connectivity index (χ0n) is 12.3. The number of hydrogen-bond donors (Lipinski definition) is 2. The van der Waals surface area contributed by atoms with Gasteiger partial charge in [-0.3, -0.25) is 4.79 Å². The van der Waals surface area contributed by atoms with Gasteiger partial charge < -0.3 is 15.8 Å². The first-order valence-electron chi connectivity index (χ1n) is 6.29. The van der Waals surface area contributed by atoms with Crippen molar-refractivity contribution in [2.24, 2.45) is 0 Å². The van der Waals surface area contributed by atoms with Crippen molar-refractivity contribution >= 4 is 40.8 Å². The fraction of sp³-hybridized carbons (Fsp3) is 0.429. The standard InChI is InChI=1S/C14H18Cl2N2O3/c1-7(12(19)18-14(2,3)4)21-13(20)8-5-9(15)11(16)10(17)6-8/h5-7H,17H2,1-4H3,(H,18,19). The third-order valence-electron chi connectivity index (χ3n) is 2.44. The van der Waals surface area contributed by atoms with E-state index in [1.54, 1.807) is 0 Å². The van der Waals surface area contributed by atoms with Crippen LogP contribution in [-0.4, -0.2) is 23.5 Å². The number of nitrogen functional groups attached to an aromatic ring is 1. The first-order chi connectivity index (χ1) is 9.51. The van der Waals surface area contributed by atoms with Gasteiger partial charge in [-0.25, -0.2) is 4.79 Å². The van der Waals surface area contributed by atoms with E-state index in [0.29, 0.717) is 0 Å². The van der Waals surface area contributed by atoms with E-state index < -0.39 is 17.6 Å². The van der Waals surface area contributed by atoms with E-state index in [0.717, 1.165) is 0 Å². The van der Waals surface area contributed by atoms with Crippen LogP contribution in [0.2, 0.25) is 10.0 Å². The Morgan fingerprint density at radius 2 is 1.86 bits per heavy atom. The van der Waals surface area contributed by atoms with Crippen LogP contribution in [0.15, 0.2) is 12.1 Å². The summed E-state index contributed by atoms with van der Waals surface area (Å²) in [6.45, 7) is 6.98. The largest absolute Gasteiger partial charge is 0.449 e. The van der Waals surface area contributed by atoms with Gasteiger partial charge in [-0.05, 0) is 39.8 Å². The van der Waals surface area contributed by atoms with Crippen LogP contribution in [0.5, 0.6) is 0 Å². The molecule has 0 radical (unpaired) electrons. The van der Waals surface area contributed by atoms with Crippen molar-refractivity contribution in [2.45, 2.75) is 39.3 Å². The fourth-order valence-corrected chi connectivity index (χ4v) is 1.82. The van der Waals surface area contributed by atoms with Gasteiger partial charge in [-0.15, -0.1) is 0 Å².